The zero-order valence-electron chi connectivity index (χ0n) is 11.8. The molecule has 0 spiro atoms. The van der Waals surface area contributed by atoms with E-state index >= 15 is 0 Å². The van der Waals surface area contributed by atoms with Crippen molar-refractivity contribution in [3.63, 3.8) is 0 Å². The second-order valence-corrected chi connectivity index (χ2v) is 5.20. The maximum atomic E-state index is 8.66. The minimum atomic E-state index is -0.277. The molecule has 19 heavy (non-hydrogen) atoms. The van der Waals surface area contributed by atoms with Crippen LogP contribution in [0.5, 0.6) is 0 Å². The van der Waals surface area contributed by atoms with E-state index in [4.69, 9.17) is 15.5 Å². The fourth-order valence-electron chi connectivity index (χ4n) is 1.69. The molecular formula is C12H23N5O2. The van der Waals surface area contributed by atoms with Crippen LogP contribution < -0.4 is 11.1 Å². The van der Waals surface area contributed by atoms with Crippen molar-refractivity contribution in [3.05, 3.63) is 11.7 Å². The highest BCUT2D eigenvalue weighted by Crippen LogP contribution is 2.21. The van der Waals surface area contributed by atoms with Crippen molar-refractivity contribution in [1.29, 1.82) is 0 Å². The summed E-state index contributed by atoms with van der Waals surface area (Å²) in [5.74, 6) is 1.59. The molecule has 0 fully saturated rings. The Bertz CT molecular complexity index is 414. The third kappa shape index (κ3) is 5.25. The van der Waals surface area contributed by atoms with Gasteiger partial charge < -0.3 is 20.8 Å². The third-order valence-corrected chi connectivity index (χ3v) is 3.05. The number of hydrogen-bond donors (Lipinski definition) is 3. The fourth-order valence-corrected chi connectivity index (χ4v) is 1.69. The summed E-state index contributed by atoms with van der Waals surface area (Å²) in [6.07, 6.45) is 2.56. The first kappa shape index (κ1) is 15.4. The predicted molar refractivity (Wildman–Crippen MR) is 72.0 cm³/mol. The van der Waals surface area contributed by atoms with Crippen LogP contribution in [0.1, 0.15) is 38.4 Å². The number of amidine groups is 1. The lowest BCUT2D eigenvalue weighted by Gasteiger charge is -2.22. The van der Waals surface area contributed by atoms with Gasteiger partial charge in [0.1, 0.15) is 5.84 Å². The van der Waals surface area contributed by atoms with E-state index in [9.17, 15) is 0 Å². The van der Waals surface area contributed by atoms with Crippen molar-refractivity contribution >= 4 is 5.84 Å². The van der Waals surface area contributed by atoms with E-state index in [-0.39, 0.29) is 11.3 Å². The second-order valence-electron chi connectivity index (χ2n) is 5.20. The van der Waals surface area contributed by atoms with Crippen LogP contribution in [0.4, 0.5) is 0 Å². The quantitative estimate of drug-likeness (QED) is 0.214. The van der Waals surface area contributed by atoms with E-state index in [0.717, 1.165) is 38.2 Å². The minimum Gasteiger partial charge on any atom is -0.409 e. The Balaban J connectivity index is 2.11. The predicted octanol–water partition coefficient (Wildman–Crippen LogP) is 1.06. The van der Waals surface area contributed by atoms with E-state index in [0.29, 0.717) is 5.89 Å². The zero-order chi connectivity index (χ0) is 14.3. The first-order valence-electron chi connectivity index (χ1n) is 6.43. The summed E-state index contributed by atoms with van der Waals surface area (Å²) in [5.41, 5.74) is 5.35. The number of rotatable bonds is 8. The summed E-state index contributed by atoms with van der Waals surface area (Å²) in [6.45, 7) is 7.38. The molecule has 0 radical (unpaired) electrons. The molecule has 0 saturated heterocycles. The second kappa shape index (κ2) is 7.08. The van der Waals surface area contributed by atoms with Crippen LogP contribution in [0.2, 0.25) is 0 Å². The summed E-state index contributed by atoms with van der Waals surface area (Å²) in [4.78, 5) is 4.12. The molecule has 1 rings (SSSR count). The Morgan fingerprint density at radius 2 is 2.21 bits per heavy atom. The Morgan fingerprint density at radius 1 is 1.47 bits per heavy atom. The zero-order valence-corrected chi connectivity index (χ0v) is 11.8. The van der Waals surface area contributed by atoms with Crippen LogP contribution in [-0.4, -0.2) is 34.3 Å². The summed E-state index contributed by atoms with van der Waals surface area (Å²) < 4.78 is 4.89. The summed E-state index contributed by atoms with van der Waals surface area (Å²) in [5, 5.41) is 18.9. The molecule has 7 nitrogen and oxygen atoms in total. The molecule has 4 N–H and O–H groups in total. The van der Waals surface area contributed by atoms with Crippen molar-refractivity contribution < 1.29 is 9.73 Å². The van der Waals surface area contributed by atoms with Crippen LogP contribution in [0, 0.1) is 12.3 Å². The van der Waals surface area contributed by atoms with Crippen LogP contribution in [0.25, 0.3) is 0 Å². The Labute approximate surface area is 113 Å². The van der Waals surface area contributed by atoms with Crippen molar-refractivity contribution in [2.24, 2.45) is 16.3 Å². The average molecular weight is 269 g/mol. The van der Waals surface area contributed by atoms with Crippen molar-refractivity contribution in [2.45, 2.75) is 40.0 Å². The van der Waals surface area contributed by atoms with Gasteiger partial charge in [-0.3, -0.25) is 0 Å². The molecule has 0 aliphatic heterocycles. The van der Waals surface area contributed by atoms with Crippen LogP contribution in [0.15, 0.2) is 9.68 Å². The molecule has 0 bridgehead atoms. The molecule has 0 unspecified atom stereocenters. The Hall–Kier alpha value is -1.63. The lowest BCUT2D eigenvalue weighted by atomic mass is 9.86. The largest absolute Gasteiger partial charge is 0.409 e. The number of aryl methyl sites for hydroxylation is 1. The summed E-state index contributed by atoms with van der Waals surface area (Å²) in [7, 11) is 0. The number of hydrogen-bond acceptors (Lipinski definition) is 6. The Morgan fingerprint density at radius 3 is 2.79 bits per heavy atom. The molecule has 0 aromatic carbocycles. The minimum absolute atomic E-state index is 0.273. The van der Waals surface area contributed by atoms with Crippen LogP contribution >= 0.6 is 0 Å². The van der Waals surface area contributed by atoms with E-state index in [1.54, 1.807) is 6.92 Å². The molecule has 0 saturated carbocycles. The van der Waals surface area contributed by atoms with E-state index in [1.165, 1.54) is 0 Å². The summed E-state index contributed by atoms with van der Waals surface area (Å²) >= 11 is 0. The highest BCUT2D eigenvalue weighted by atomic mass is 16.5. The molecule has 1 heterocycles. The van der Waals surface area contributed by atoms with Gasteiger partial charge in [0.25, 0.3) is 0 Å². The van der Waals surface area contributed by atoms with Gasteiger partial charge in [0.05, 0.1) is 0 Å². The topological polar surface area (TPSA) is 110 Å². The number of nitrogens with zero attached hydrogens (tertiary/aromatic N) is 3. The molecule has 108 valence electrons. The van der Waals surface area contributed by atoms with E-state index in [1.807, 2.05) is 13.8 Å². The lowest BCUT2D eigenvalue weighted by molar-refractivity contribution is 0.304. The van der Waals surface area contributed by atoms with Gasteiger partial charge in [-0.05, 0) is 19.4 Å². The fraction of sp³-hybridized carbons (Fsp3) is 0.750. The molecule has 1 aromatic rings. The molecule has 1 aromatic heterocycles. The highest BCUT2D eigenvalue weighted by molar-refractivity contribution is 5.85. The highest BCUT2D eigenvalue weighted by Gasteiger charge is 2.22. The number of nitrogens with two attached hydrogens (primary N) is 1. The monoisotopic (exact) mass is 269 g/mol. The summed E-state index contributed by atoms with van der Waals surface area (Å²) in [6, 6.07) is 0. The van der Waals surface area contributed by atoms with Gasteiger partial charge in [0.15, 0.2) is 5.82 Å². The number of nitrogens with one attached hydrogen (secondary N) is 1. The lowest BCUT2D eigenvalue weighted by Crippen LogP contribution is -2.32. The number of aromatic nitrogens is 2. The van der Waals surface area contributed by atoms with Crippen LogP contribution in [0.3, 0.4) is 0 Å². The van der Waals surface area contributed by atoms with Crippen LogP contribution in [-0.2, 0) is 6.42 Å². The first-order valence-corrected chi connectivity index (χ1v) is 6.43. The molecule has 0 aliphatic carbocycles. The number of oxime groups is 1. The van der Waals surface area contributed by atoms with Crippen molar-refractivity contribution in [3.8, 4) is 0 Å². The first-order chi connectivity index (χ1) is 8.95. The van der Waals surface area contributed by atoms with E-state index in [2.05, 4.69) is 20.6 Å². The van der Waals surface area contributed by atoms with Crippen molar-refractivity contribution in [2.75, 3.05) is 13.1 Å². The molecule has 0 atom stereocenters. The molecular weight excluding hydrogens is 246 g/mol. The van der Waals surface area contributed by atoms with Gasteiger partial charge >= 0.3 is 0 Å². The van der Waals surface area contributed by atoms with Gasteiger partial charge in [0.2, 0.25) is 5.89 Å². The maximum absolute atomic E-state index is 8.66. The normalized spacial score (nSPS) is 12.9. The molecule has 7 heteroatoms. The van der Waals surface area contributed by atoms with E-state index < -0.39 is 0 Å². The average Bonchev–Trinajstić information content (AvgIpc) is 2.78. The van der Waals surface area contributed by atoms with Gasteiger partial charge in [-0.1, -0.05) is 24.2 Å². The Kier molecular flexibility index (Phi) is 5.75. The van der Waals surface area contributed by atoms with Gasteiger partial charge in [-0.15, -0.1) is 0 Å². The SMILES string of the molecule is Cc1nc(CCNCCCC(C)(C)C(N)=NO)no1. The standard InChI is InChI=1S/C12H23N5O2/c1-9-15-10(17-19-9)5-8-14-7-4-6-12(2,3)11(13)16-18/h14,18H,4-8H2,1-3H3,(H2,13,16). The van der Waals surface area contributed by atoms with Gasteiger partial charge in [-0.2, -0.15) is 4.98 Å². The molecule has 0 amide bonds. The smallest absolute Gasteiger partial charge is 0.223 e. The maximum Gasteiger partial charge on any atom is 0.223 e. The van der Waals surface area contributed by atoms with Gasteiger partial charge in [-0.25, -0.2) is 0 Å². The third-order valence-electron chi connectivity index (χ3n) is 3.05. The van der Waals surface area contributed by atoms with Crippen molar-refractivity contribution in [1.82, 2.24) is 15.5 Å². The molecule has 0 aliphatic rings. The van der Waals surface area contributed by atoms with Gasteiger partial charge in [0, 0.05) is 25.3 Å².